The van der Waals surface area contributed by atoms with Crippen LogP contribution in [0, 0.1) is 5.92 Å². The lowest BCUT2D eigenvalue weighted by Crippen LogP contribution is -2.18. The van der Waals surface area contributed by atoms with Crippen LogP contribution >= 0.6 is 27.3 Å². The molecule has 0 bridgehead atoms. The smallest absolute Gasteiger partial charge is 0.0701 e. The number of aryl methyl sites for hydroxylation is 1. The van der Waals surface area contributed by atoms with Crippen molar-refractivity contribution in [3.8, 4) is 0 Å². The van der Waals surface area contributed by atoms with Crippen LogP contribution in [0.1, 0.15) is 38.0 Å². The van der Waals surface area contributed by atoms with Gasteiger partial charge in [0.25, 0.3) is 0 Å². The molecule has 3 heteroatoms. The van der Waals surface area contributed by atoms with Gasteiger partial charge in [-0.1, -0.05) is 13.8 Å². The van der Waals surface area contributed by atoms with Gasteiger partial charge >= 0.3 is 0 Å². The Morgan fingerprint density at radius 3 is 2.75 bits per heavy atom. The Bertz CT molecular complexity index is 285. The Hall–Kier alpha value is 0.140. The molecule has 0 amide bonds. The van der Waals surface area contributed by atoms with Crippen molar-refractivity contribution in [2.75, 3.05) is 13.1 Å². The first kappa shape index (κ1) is 14.2. The number of halogens is 1. The largest absolute Gasteiger partial charge is 0.317 e. The maximum atomic E-state index is 3.51. The molecule has 0 radical (unpaired) electrons. The Morgan fingerprint density at radius 1 is 1.31 bits per heavy atom. The molecule has 1 N–H and O–H groups in total. The lowest BCUT2D eigenvalue weighted by atomic mass is 10.0. The van der Waals surface area contributed by atoms with Crippen molar-refractivity contribution >= 4 is 27.3 Å². The van der Waals surface area contributed by atoms with E-state index in [9.17, 15) is 0 Å². The zero-order valence-electron chi connectivity index (χ0n) is 10.3. The fourth-order valence-electron chi connectivity index (χ4n) is 1.67. The molecule has 0 aliphatic carbocycles. The van der Waals surface area contributed by atoms with Crippen molar-refractivity contribution in [3.05, 3.63) is 20.8 Å². The Labute approximate surface area is 112 Å². The molecule has 1 aromatic rings. The summed E-state index contributed by atoms with van der Waals surface area (Å²) < 4.78 is 1.25. The summed E-state index contributed by atoms with van der Waals surface area (Å²) in [5.74, 6) is 0.824. The highest BCUT2D eigenvalue weighted by molar-refractivity contribution is 9.11. The van der Waals surface area contributed by atoms with Crippen molar-refractivity contribution in [2.45, 2.75) is 39.5 Å². The van der Waals surface area contributed by atoms with Crippen molar-refractivity contribution < 1.29 is 0 Å². The number of hydrogen-bond acceptors (Lipinski definition) is 2. The Balaban J connectivity index is 2.08. The van der Waals surface area contributed by atoms with Crippen LogP contribution in [-0.4, -0.2) is 13.1 Å². The topological polar surface area (TPSA) is 12.0 Å². The van der Waals surface area contributed by atoms with Gasteiger partial charge < -0.3 is 5.32 Å². The summed E-state index contributed by atoms with van der Waals surface area (Å²) in [5.41, 5.74) is 0. The normalized spacial score (nSPS) is 12.9. The SMILES string of the molecule is CCCNCCC(C)CCc1ccc(Br)s1. The molecule has 0 saturated heterocycles. The Morgan fingerprint density at radius 2 is 2.12 bits per heavy atom. The third-order valence-corrected chi connectivity index (χ3v) is 4.44. The second-order valence-corrected chi connectivity index (χ2v) is 6.94. The van der Waals surface area contributed by atoms with E-state index in [0.717, 1.165) is 12.5 Å². The first-order valence-electron chi connectivity index (χ1n) is 6.17. The van der Waals surface area contributed by atoms with Crippen LogP contribution in [0.5, 0.6) is 0 Å². The van der Waals surface area contributed by atoms with E-state index >= 15 is 0 Å². The summed E-state index contributed by atoms with van der Waals surface area (Å²) in [5, 5.41) is 3.46. The fraction of sp³-hybridized carbons (Fsp3) is 0.692. The van der Waals surface area contributed by atoms with Gasteiger partial charge in [-0.3, -0.25) is 0 Å². The summed E-state index contributed by atoms with van der Waals surface area (Å²) in [6.45, 7) is 6.90. The van der Waals surface area contributed by atoms with Crippen LogP contribution in [0.3, 0.4) is 0 Å². The molecular weight excluding hydrogens is 282 g/mol. The van der Waals surface area contributed by atoms with Crippen molar-refractivity contribution in [3.63, 3.8) is 0 Å². The third-order valence-electron chi connectivity index (χ3n) is 2.75. The molecule has 1 atom stereocenters. The van der Waals surface area contributed by atoms with Crippen molar-refractivity contribution in [1.82, 2.24) is 5.32 Å². The van der Waals surface area contributed by atoms with Crippen LogP contribution < -0.4 is 5.32 Å². The maximum absolute atomic E-state index is 3.51. The maximum Gasteiger partial charge on any atom is 0.0701 e. The van der Waals surface area contributed by atoms with E-state index in [2.05, 4.69) is 47.2 Å². The highest BCUT2D eigenvalue weighted by atomic mass is 79.9. The molecule has 16 heavy (non-hydrogen) atoms. The molecule has 0 aromatic carbocycles. The zero-order chi connectivity index (χ0) is 11.8. The van der Waals surface area contributed by atoms with Gasteiger partial charge in [-0.25, -0.2) is 0 Å². The predicted molar refractivity (Wildman–Crippen MR) is 77.3 cm³/mol. The highest BCUT2D eigenvalue weighted by Crippen LogP contribution is 2.24. The molecule has 0 saturated carbocycles. The average Bonchev–Trinajstić information content (AvgIpc) is 2.68. The third kappa shape index (κ3) is 6.02. The molecule has 1 rings (SSSR count). The number of thiophene rings is 1. The average molecular weight is 304 g/mol. The standard InChI is InChI=1S/C13H22BrNS/c1-3-9-15-10-8-11(2)4-5-12-6-7-13(14)16-12/h6-7,11,15H,3-5,8-10H2,1-2H3. The van der Waals surface area contributed by atoms with E-state index in [1.165, 1.54) is 40.9 Å². The number of rotatable bonds is 8. The van der Waals surface area contributed by atoms with Gasteiger partial charge in [-0.2, -0.15) is 0 Å². The first-order chi connectivity index (χ1) is 7.72. The molecule has 1 aromatic heterocycles. The van der Waals surface area contributed by atoms with Crippen LogP contribution in [-0.2, 0) is 6.42 Å². The van der Waals surface area contributed by atoms with E-state index in [4.69, 9.17) is 0 Å². The van der Waals surface area contributed by atoms with E-state index in [0.29, 0.717) is 0 Å². The molecule has 1 nitrogen and oxygen atoms in total. The van der Waals surface area contributed by atoms with E-state index in [1.807, 2.05) is 11.3 Å². The quantitative estimate of drug-likeness (QED) is 0.699. The molecule has 0 aliphatic heterocycles. The van der Waals surface area contributed by atoms with Gasteiger partial charge in [-0.15, -0.1) is 11.3 Å². The predicted octanol–water partition coefficient (Wildman–Crippen LogP) is 4.47. The fourth-order valence-corrected chi connectivity index (χ4v) is 3.17. The summed E-state index contributed by atoms with van der Waals surface area (Å²) >= 11 is 5.37. The van der Waals surface area contributed by atoms with Gasteiger partial charge in [0.2, 0.25) is 0 Å². The van der Waals surface area contributed by atoms with Crippen LogP contribution in [0.25, 0.3) is 0 Å². The van der Waals surface area contributed by atoms with E-state index < -0.39 is 0 Å². The van der Waals surface area contributed by atoms with Crippen molar-refractivity contribution in [1.29, 1.82) is 0 Å². The second kappa shape index (κ2) is 8.26. The van der Waals surface area contributed by atoms with Crippen LogP contribution in [0.4, 0.5) is 0 Å². The molecule has 92 valence electrons. The van der Waals surface area contributed by atoms with Crippen LogP contribution in [0.15, 0.2) is 15.9 Å². The summed E-state index contributed by atoms with van der Waals surface area (Å²) in [7, 11) is 0. The number of hydrogen-bond donors (Lipinski definition) is 1. The molecular formula is C13H22BrNS. The minimum atomic E-state index is 0.824. The van der Waals surface area contributed by atoms with Gasteiger partial charge in [0.1, 0.15) is 0 Å². The first-order valence-corrected chi connectivity index (χ1v) is 7.78. The number of nitrogens with one attached hydrogen (secondary N) is 1. The summed E-state index contributed by atoms with van der Waals surface area (Å²) in [6.07, 6.45) is 5.07. The Kier molecular flexibility index (Phi) is 7.33. The molecule has 1 heterocycles. The van der Waals surface area contributed by atoms with E-state index in [-0.39, 0.29) is 0 Å². The minimum Gasteiger partial charge on any atom is -0.317 e. The monoisotopic (exact) mass is 303 g/mol. The molecule has 1 unspecified atom stereocenters. The zero-order valence-corrected chi connectivity index (χ0v) is 12.7. The van der Waals surface area contributed by atoms with Gasteiger partial charge in [0.05, 0.1) is 3.79 Å². The molecule has 0 aliphatic rings. The van der Waals surface area contributed by atoms with Gasteiger partial charge in [0.15, 0.2) is 0 Å². The lowest BCUT2D eigenvalue weighted by Gasteiger charge is -2.10. The summed E-state index contributed by atoms with van der Waals surface area (Å²) in [6, 6.07) is 4.38. The lowest BCUT2D eigenvalue weighted by molar-refractivity contribution is 0.471. The van der Waals surface area contributed by atoms with Crippen molar-refractivity contribution in [2.24, 2.45) is 5.92 Å². The molecule has 0 spiro atoms. The highest BCUT2D eigenvalue weighted by Gasteiger charge is 2.04. The van der Waals surface area contributed by atoms with Gasteiger partial charge in [-0.05, 0) is 72.8 Å². The van der Waals surface area contributed by atoms with E-state index in [1.54, 1.807) is 0 Å². The molecule has 0 fully saturated rings. The minimum absolute atomic E-state index is 0.824. The van der Waals surface area contributed by atoms with Gasteiger partial charge in [0, 0.05) is 4.88 Å². The summed E-state index contributed by atoms with van der Waals surface area (Å²) in [4.78, 5) is 1.50. The second-order valence-electron chi connectivity index (χ2n) is 4.39. The van der Waals surface area contributed by atoms with Crippen LogP contribution in [0.2, 0.25) is 0 Å².